The number of hydrogen-bond acceptors (Lipinski definition) is 8. The van der Waals surface area contributed by atoms with Crippen LogP contribution in [0.4, 0.5) is 4.79 Å². The second-order valence-electron chi connectivity index (χ2n) is 12.8. The van der Waals surface area contributed by atoms with Crippen LogP contribution in [0.2, 0.25) is 5.02 Å². The fourth-order valence-corrected chi connectivity index (χ4v) is 4.84. The number of carbonyl (C=O) groups excluding carboxylic acids is 4. The van der Waals surface area contributed by atoms with Crippen LogP contribution in [0.5, 0.6) is 5.75 Å². The van der Waals surface area contributed by atoms with Gasteiger partial charge in [-0.15, -0.1) is 9.75 Å². The fraction of sp³-hybridized carbons (Fsp3) is 0.424. The van der Waals surface area contributed by atoms with Crippen molar-refractivity contribution in [2.75, 3.05) is 13.2 Å². The maximum absolute atomic E-state index is 13.0. The predicted molar refractivity (Wildman–Crippen MR) is 168 cm³/mol. The molecule has 0 bridgehead atoms. The summed E-state index contributed by atoms with van der Waals surface area (Å²) in [4.78, 5) is 56.3. The van der Waals surface area contributed by atoms with Gasteiger partial charge in [-0.25, -0.2) is 14.4 Å². The molecule has 1 aliphatic heterocycles. The second kappa shape index (κ2) is 13.9. The summed E-state index contributed by atoms with van der Waals surface area (Å²) in [6.45, 7) is 11.3. The number of rotatable bonds is 11. The Morgan fingerprint density at radius 1 is 0.935 bits per heavy atom. The van der Waals surface area contributed by atoms with E-state index in [0.29, 0.717) is 35.3 Å². The van der Waals surface area contributed by atoms with Gasteiger partial charge in [0.25, 0.3) is 11.8 Å². The Morgan fingerprint density at radius 3 is 2.15 bits per heavy atom. The van der Waals surface area contributed by atoms with Crippen LogP contribution in [-0.4, -0.2) is 64.1 Å². The summed E-state index contributed by atoms with van der Waals surface area (Å²) in [5.41, 5.74) is 0.561. The highest BCUT2D eigenvalue weighted by Gasteiger charge is 2.40. The van der Waals surface area contributed by atoms with Gasteiger partial charge in [-0.3, -0.25) is 9.59 Å². The van der Waals surface area contributed by atoms with Crippen LogP contribution in [0.3, 0.4) is 0 Å². The van der Waals surface area contributed by atoms with Crippen molar-refractivity contribution in [1.82, 2.24) is 15.1 Å². The van der Waals surface area contributed by atoms with Crippen LogP contribution < -0.4 is 14.7 Å². The third-order valence-electron chi connectivity index (χ3n) is 6.56. The molecule has 2 heterocycles. The molecule has 12 nitrogen and oxygen atoms in total. The normalized spacial score (nSPS) is 13.8. The molecule has 1 atom stereocenters. The number of ether oxygens (including phenoxy) is 3. The third kappa shape index (κ3) is 8.85. The summed E-state index contributed by atoms with van der Waals surface area (Å²) in [5, 5.41) is 3.72. The van der Waals surface area contributed by atoms with Gasteiger partial charge in [0.15, 0.2) is 7.05 Å². The van der Waals surface area contributed by atoms with Crippen molar-refractivity contribution >= 4 is 35.5 Å². The maximum atomic E-state index is 13.0. The van der Waals surface area contributed by atoms with E-state index in [1.807, 2.05) is 49.6 Å². The summed E-state index contributed by atoms with van der Waals surface area (Å²) in [6.07, 6.45) is 2.68. The van der Waals surface area contributed by atoms with Crippen LogP contribution >= 0.6 is 11.6 Å². The standard InChI is InChI=1S/C33H39ClN4O8/c1-32(2,3)44-30(41)27(46-38-28(39)24-11-8-9-12-25(24)29(38)40)20-43-22-13-14-23(26(34)17-22)21-18-36(7)37(19-21)16-10-15-35-31(42)45-33(4,5)6/h8-9,11-14,17-19,27H,10,15-16,20H2,1-7H3/p+1/t27-/m0/s1. The lowest BCUT2D eigenvalue weighted by molar-refractivity contribution is -0.753. The molecule has 1 aromatic heterocycles. The SMILES string of the molecule is C[n+]1cc(-c2ccc(OC[C@H](ON3C(=O)c4ccccc4C3=O)C(=O)OC(C)(C)C)cc2Cl)cn1CCCNC(=O)OC(C)(C)C. The number of alkyl carbamates (subject to hydrolysis) is 1. The molecule has 2 aromatic carbocycles. The molecule has 0 saturated heterocycles. The quantitative estimate of drug-likeness (QED) is 0.134. The summed E-state index contributed by atoms with van der Waals surface area (Å²) < 4.78 is 20.5. The van der Waals surface area contributed by atoms with Gasteiger partial charge in [0.1, 0.15) is 23.6 Å². The topological polar surface area (TPSA) is 129 Å². The van der Waals surface area contributed by atoms with Crippen molar-refractivity contribution in [3.05, 3.63) is 71.0 Å². The summed E-state index contributed by atoms with van der Waals surface area (Å²) in [7, 11) is 1.90. The van der Waals surface area contributed by atoms with E-state index in [2.05, 4.69) is 5.32 Å². The van der Waals surface area contributed by atoms with Gasteiger partial charge >= 0.3 is 12.1 Å². The largest absolute Gasteiger partial charge is 0.490 e. The van der Waals surface area contributed by atoms with Gasteiger partial charge in [0.2, 0.25) is 12.3 Å². The van der Waals surface area contributed by atoms with Crippen molar-refractivity contribution < 1.29 is 42.9 Å². The van der Waals surface area contributed by atoms with Gasteiger partial charge in [-0.2, -0.15) is 4.68 Å². The molecule has 4 rings (SSSR count). The van der Waals surface area contributed by atoms with Gasteiger partial charge in [0, 0.05) is 12.1 Å². The zero-order valence-electron chi connectivity index (χ0n) is 27.1. The van der Waals surface area contributed by atoms with Crippen LogP contribution in [0, 0.1) is 0 Å². The van der Waals surface area contributed by atoms with Crippen molar-refractivity contribution in [1.29, 1.82) is 0 Å². The van der Waals surface area contributed by atoms with Crippen LogP contribution in [0.25, 0.3) is 11.1 Å². The number of aromatic nitrogens is 2. The molecule has 0 unspecified atom stereocenters. The molecule has 0 saturated carbocycles. The number of amides is 3. The first-order valence-corrected chi connectivity index (χ1v) is 15.2. The van der Waals surface area contributed by atoms with Crippen molar-refractivity contribution in [2.45, 2.75) is 71.8 Å². The highest BCUT2D eigenvalue weighted by molar-refractivity contribution is 6.33. The van der Waals surface area contributed by atoms with Crippen molar-refractivity contribution in [2.24, 2.45) is 7.05 Å². The molecule has 46 heavy (non-hydrogen) atoms. The average molecular weight is 656 g/mol. The number of hydrogen-bond donors (Lipinski definition) is 1. The first-order chi connectivity index (χ1) is 21.5. The molecule has 0 fully saturated rings. The number of aryl methyl sites for hydroxylation is 2. The number of fused-ring (bicyclic) bond motifs is 1. The number of benzene rings is 2. The molecule has 0 aliphatic carbocycles. The van der Waals surface area contributed by atoms with E-state index in [4.69, 9.17) is 30.6 Å². The monoisotopic (exact) mass is 655 g/mol. The fourth-order valence-electron chi connectivity index (χ4n) is 4.56. The molecule has 1 aliphatic rings. The van der Waals surface area contributed by atoms with E-state index in [-0.39, 0.29) is 17.7 Å². The second-order valence-corrected chi connectivity index (χ2v) is 13.2. The summed E-state index contributed by atoms with van der Waals surface area (Å²) in [5.74, 6) is -1.82. The zero-order valence-corrected chi connectivity index (χ0v) is 27.8. The molecule has 3 aromatic rings. The first kappa shape index (κ1) is 34.5. The zero-order chi connectivity index (χ0) is 33.8. The minimum absolute atomic E-state index is 0.179. The van der Waals surface area contributed by atoms with Gasteiger partial charge in [0.05, 0.1) is 34.5 Å². The van der Waals surface area contributed by atoms with Gasteiger partial charge < -0.3 is 19.5 Å². The molecule has 3 amide bonds. The number of hydroxylamine groups is 2. The number of nitrogens with zero attached hydrogens (tertiary/aromatic N) is 3. The van der Waals surface area contributed by atoms with Crippen LogP contribution in [0.15, 0.2) is 54.9 Å². The molecular formula is C33H40ClN4O8+. The third-order valence-corrected chi connectivity index (χ3v) is 6.88. The Bertz CT molecular complexity index is 1590. The van der Waals surface area contributed by atoms with Crippen LogP contribution in [0.1, 0.15) is 68.7 Å². The molecule has 0 spiro atoms. The van der Waals surface area contributed by atoms with E-state index < -0.39 is 41.2 Å². The number of carbonyl (C=O) groups is 4. The van der Waals surface area contributed by atoms with Crippen molar-refractivity contribution in [3.63, 3.8) is 0 Å². The molecule has 246 valence electrons. The lowest BCUT2D eigenvalue weighted by atomic mass is 10.1. The van der Waals surface area contributed by atoms with E-state index in [0.717, 1.165) is 11.1 Å². The summed E-state index contributed by atoms with van der Waals surface area (Å²) >= 11 is 6.65. The molecule has 13 heteroatoms. The Kier molecular flexibility index (Phi) is 10.4. The molecule has 0 radical (unpaired) electrons. The van der Waals surface area contributed by atoms with Gasteiger partial charge in [-0.05, 0) is 78.3 Å². The Hall–Kier alpha value is -4.42. The lowest BCUT2D eigenvalue weighted by Crippen LogP contribution is -2.43. The number of esters is 1. The van der Waals surface area contributed by atoms with E-state index in [9.17, 15) is 19.2 Å². The Labute approximate surface area is 273 Å². The lowest BCUT2D eigenvalue weighted by Gasteiger charge is -2.26. The highest BCUT2D eigenvalue weighted by Crippen LogP contribution is 2.31. The Balaban J connectivity index is 1.40. The smallest absolute Gasteiger partial charge is 0.407 e. The average Bonchev–Trinajstić information content (AvgIpc) is 3.43. The first-order valence-electron chi connectivity index (χ1n) is 14.9. The number of imide groups is 1. The van der Waals surface area contributed by atoms with E-state index >= 15 is 0 Å². The highest BCUT2D eigenvalue weighted by atomic mass is 35.5. The van der Waals surface area contributed by atoms with Gasteiger partial charge in [-0.1, -0.05) is 23.7 Å². The van der Waals surface area contributed by atoms with E-state index in [1.165, 1.54) is 12.1 Å². The summed E-state index contributed by atoms with van der Waals surface area (Å²) in [6, 6.07) is 11.4. The predicted octanol–water partition coefficient (Wildman–Crippen LogP) is 4.86. The molecule has 1 N–H and O–H groups in total. The van der Waals surface area contributed by atoms with Crippen LogP contribution in [-0.2, 0) is 32.7 Å². The minimum atomic E-state index is -1.43. The minimum Gasteiger partial charge on any atom is -0.490 e. The number of halogens is 1. The number of nitrogens with one attached hydrogen (secondary N) is 1. The maximum Gasteiger partial charge on any atom is 0.407 e. The van der Waals surface area contributed by atoms with E-state index in [1.54, 1.807) is 51.1 Å². The Morgan fingerprint density at radius 2 is 1.57 bits per heavy atom. The molecular weight excluding hydrogens is 616 g/mol. The van der Waals surface area contributed by atoms with Crippen molar-refractivity contribution in [3.8, 4) is 16.9 Å².